The highest BCUT2D eigenvalue weighted by Gasteiger charge is 2.11. The molecule has 6 nitrogen and oxygen atoms in total. The second-order valence-electron chi connectivity index (χ2n) is 3.57. The van der Waals surface area contributed by atoms with E-state index in [0.29, 0.717) is 5.75 Å². The number of azo groups is 1. The number of benzene rings is 2. The van der Waals surface area contributed by atoms with Crippen molar-refractivity contribution in [2.75, 3.05) is 6.73 Å². The van der Waals surface area contributed by atoms with Crippen LogP contribution in [0.25, 0.3) is 0 Å². The van der Waals surface area contributed by atoms with Gasteiger partial charge in [-0.15, -0.1) is 10.2 Å². The van der Waals surface area contributed by atoms with Gasteiger partial charge < -0.3 is 4.74 Å². The van der Waals surface area contributed by atoms with Gasteiger partial charge in [0, 0.05) is 6.07 Å². The highest BCUT2D eigenvalue weighted by molar-refractivity contribution is 5.56. The summed E-state index contributed by atoms with van der Waals surface area (Å²) in [5, 5.41) is 18.3. The standard InChI is InChI=1S/C13H11N3O3/c17-16(18)13-9-5-4-8-12(13)15-14-10-19-11-6-2-1-3-7-11/h1-9H,10H2. The molecule has 0 amide bonds. The SMILES string of the molecule is O=[N+]([O-])c1ccccc1N=NCOc1ccccc1. The Bertz CT molecular complexity index is 585. The molecule has 0 aromatic heterocycles. The summed E-state index contributed by atoms with van der Waals surface area (Å²) in [5.41, 5.74) is 0.134. The molecule has 2 aromatic carbocycles. The zero-order valence-corrected chi connectivity index (χ0v) is 9.97. The van der Waals surface area contributed by atoms with Crippen LogP contribution in [0.3, 0.4) is 0 Å². The quantitative estimate of drug-likeness (QED) is 0.465. The van der Waals surface area contributed by atoms with Gasteiger partial charge in [-0.3, -0.25) is 10.1 Å². The minimum absolute atomic E-state index is 0.00998. The molecule has 0 aliphatic carbocycles. The number of hydrogen-bond donors (Lipinski definition) is 0. The molecule has 2 rings (SSSR count). The van der Waals surface area contributed by atoms with Crippen LogP contribution in [0.1, 0.15) is 0 Å². The summed E-state index contributed by atoms with van der Waals surface area (Å²) >= 11 is 0. The predicted molar refractivity (Wildman–Crippen MR) is 69.5 cm³/mol. The zero-order valence-electron chi connectivity index (χ0n) is 9.97. The lowest BCUT2D eigenvalue weighted by molar-refractivity contribution is -0.384. The maximum absolute atomic E-state index is 10.7. The van der Waals surface area contributed by atoms with Crippen LogP contribution in [-0.2, 0) is 0 Å². The van der Waals surface area contributed by atoms with Crippen molar-refractivity contribution in [3.63, 3.8) is 0 Å². The Morgan fingerprint density at radius 2 is 1.74 bits per heavy atom. The number of nitro groups is 1. The van der Waals surface area contributed by atoms with Gasteiger partial charge in [0.1, 0.15) is 5.75 Å². The summed E-state index contributed by atoms with van der Waals surface area (Å²) in [5.74, 6) is 0.670. The minimum Gasteiger partial charge on any atom is -0.470 e. The fraction of sp³-hybridized carbons (Fsp3) is 0.0769. The van der Waals surface area contributed by atoms with Gasteiger partial charge in [-0.2, -0.15) is 0 Å². The van der Waals surface area contributed by atoms with Crippen LogP contribution in [0, 0.1) is 10.1 Å². The normalized spacial score (nSPS) is 10.5. The highest BCUT2D eigenvalue weighted by Crippen LogP contribution is 2.26. The molecule has 0 unspecified atom stereocenters. The molecule has 0 bridgehead atoms. The van der Waals surface area contributed by atoms with E-state index in [1.54, 1.807) is 24.3 Å². The minimum atomic E-state index is -0.494. The predicted octanol–water partition coefficient (Wildman–Crippen LogP) is 3.72. The molecule has 0 radical (unpaired) electrons. The summed E-state index contributed by atoms with van der Waals surface area (Å²) in [6.07, 6.45) is 0. The number of rotatable bonds is 5. The summed E-state index contributed by atoms with van der Waals surface area (Å²) in [7, 11) is 0. The van der Waals surface area contributed by atoms with Crippen molar-refractivity contribution in [1.82, 2.24) is 0 Å². The molecule has 0 saturated heterocycles. The first-order chi connectivity index (χ1) is 9.27. The van der Waals surface area contributed by atoms with Crippen molar-refractivity contribution in [1.29, 1.82) is 0 Å². The van der Waals surface area contributed by atoms with E-state index in [-0.39, 0.29) is 18.1 Å². The Morgan fingerprint density at radius 3 is 2.47 bits per heavy atom. The van der Waals surface area contributed by atoms with Gasteiger partial charge in [0.25, 0.3) is 5.69 Å². The van der Waals surface area contributed by atoms with Crippen LogP contribution >= 0.6 is 0 Å². The molecule has 0 N–H and O–H groups in total. The van der Waals surface area contributed by atoms with Crippen LogP contribution in [0.2, 0.25) is 0 Å². The van der Waals surface area contributed by atoms with Crippen LogP contribution in [-0.4, -0.2) is 11.7 Å². The smallest absolute Gasteiger partial charge is 0.296 e. The van der Waals surface area contributed by atoms with E-state index < -0.39 is 4.92 Å². The Kier molecular flexibility index (Phi) is 4.17. The molecule has 96 valence electrons. The highest BCUT2D eigenvalue weighted by atomic mass is 16.6. The average molecular weight is 257 g/mol. The molecular weight excluding hydrogens is 246 g/mol. The zero-order chi connectivity index (χ0) is 13.5. The van der Waals surface area contributed by atoms with E-state index >= 15 is 0 Å². The summed E-state index contributed by atoms with van der Waals surface area (Å²) < 4.78 is 5.30. The summed E-state index contributed by atoms with van der Waals surface area (Å²) in [6.45, 7) is 0.00998. The van der Waals surface area contributed by atoms with E-state index in [1.807, 2.05) is 18.2 Å². The molecule has 0 fully saturated rings. The first-order valence-electron chi connectivity index (χ1n) is 5.56. The Balaban J connectivity index is 1.98. The second kappa shape index (κ2) is 6.25. The van der Waals surface area contributed by atoms with Crippen molar-refractivity contribution < 1.29 is 9.66 Å². The maximum atomic E-state index is 10.7. The van der Waals surface area contributed by atoms with Gasteiger partial charge in [-0.05, 0) is 18.2 Å². The van der Waals surface area contributed by atoms with Gasteiger partial charge in [0.05, 0.1) is 4.92 Å². The lowest BCUT2D eigenvalue weighted by Gasteiger charge is -2.00. The van der Waals surface area contributed by atoms with Gasteiger partial charge >= 0.3 is 0 Å². The maximum Gasteiger partial charge on any atom is 0.296 e. The van der Waals surface area contributed by atoms with Gasteiger partial charge in [-0.1, -0.05) is 30.3 Å². The van der Waals surface area contributed by atoms with Gasteiger partial charge in [-0.25, -0.2) is 0 Å². The first-order valence-corrected chi connectivity index (χ1v) is 5.56. The van der Waals surface area contributed by atoms with Crippen LogP contribution in [0.15, 0.2) is 64.8 Å². The molecule has 19 heavy (non-hydrogen) atoms. The number of hydrogen-bond acceptors (Lipinski definition) is 5. The summed E-state index contributed by atoms with van der Waals surface area (Å²) in [4.78, 5) is 10.3. The number of nitro benzene ring substituents is 1. The summed E-state index contributed by atoms with van der Waals surface area (Å²) in [6, 6.07) is 15.3. The topological polar surface area (TPSA) is 77.1 Å². The van der Waals surface area contributed by atoms with Crippen molar-refractivity contribution >= 4 is 11.4 Å². The molecule has 0 spiro atoms. The number of nitrogens with zero attached hydrogens (tertiary/aromatic N) is 3. The van der Waals surface area contributed by atoms with Gasteiger partial charge in [0.15, 0.2) is 12.4 Å². The molecule has 6 heteroatoms. The van der Waals surface area contributed by atoms with Crippen molar-refractivity contribution in [3.05, 3.63) is 64.7 Å². The Hall–Kier alpha value is -2.76. The second-order valence-corrected chi connectivity index (χ2v) is 3.57. The van der Waals surface area contributed by atoms with Gasteiger partial charge in [0.2, 0.25) is 0 Å². The number of para-hydroxylation sites is 2. The van der Waals surface area contributed by atoms with Crippen molar-refractivity contribution in [2.24, 2.45) is 10.2 Å². The van der Waals surface area contributed by atoms with Crippen molar-refractivity contribution in [3.8, 4) is 5.75 Å². The average Bonchev–Trinajstić information content (AvgIpc) is 2.45. The molecule has 0 aliphatic heterocycles. The first kappa shape index (κ1) is 12.7. The van der Waals surface area contributed by atoms with E-state index in [9.17, 15) is 10.1 Å². The van der Waals surface area contributed by atoms with E-state index in [2.05, 4.69) is 10.2 Å². The number of ether oxygens (including phenoxy) is 1. The lowest BCUT2D eigenvalue weighted by atomic mass is 10.3. The van der Waals surface area contributed by atoms with Crippen LogP contribution in [0.5, 0.6) is 5.75 Å². The lowest BCUT2D eigenvalue weighted by Crippen LogP contribution is -1.92. The van der Waals surface area contributed by atoms with E-state index in [1.165, 1.54) is 12.1 Å². The van der Waals surface area contributed by atoms with E-state index in [0.717, 1.165) is 0 Å². The molecule has 2 aromatic rings. The Morgan fingerprint density at radius 1 is 1.05 bits per heavy atom. The third kappa shape index (κ3) is 3.60. The van der Waals surface area contributed by atoms with Crippen molar-refractivity contribution in [2.45, 2.75) is 0 Å². The molecule has 0 saturated carbocycles. The third-order valence-corrected chi connectivity index (χ3v) is 2.29. The molecule has 0 aliphatic rings. The largest absolute Gasteiger partial charge is 0.470 e. The van der Waals surface area contributed by atoms with E-state index in [4.69, 9.17) is 4.74 Å². The molecular formula is C13H11N3O3. The fourth-order valence-corrected chi connectivity index (χ4v) is 1.43. The van der Waals surface area contributed by atoms with Crippen LogP contribution in [0.4, 0.5) is 11.4 Å². The third-order valence-electron chi connectivity index (χ3n) is 2.29. The monoisotopic (exact) mass is 257 g/mol. The molecule has 0 heterocycles. The Labute approximate surface area is 109 Å². The van der Waals surface area contributed by atoms with Crippen LogP contribution < -0.4 is 4.74 Å². The molecule has 0 atom stereocenters. The fourth-order valence-electron chi connectivity index (χ4n) is 1.43.